The standard InChI is InChI=1S/C10H13F2N/c1-3-7-4-5-8(6-9(7)13)10(2,11)12/h4-6H,3,13H2,1-2H3. The van der Waals surface area contributed by atoms with Crippen molar-refractivity contribution in [2.75, 3.05) is 5.73 Å². The van der Waals surface area contributed by atoms with Gasteiger partial charge >= 0.3 is 0 Å². The summed E-state index contributed by atoms with van der Waals surface area (Å²) in [5.41, 5.74) is 6.93. The Morgan fingerprint density at radius 3 is 2.38 bits per heavy atom. The Hall–Kier alpha value is -1.12. The second-order valence-corrected chi connectivity index (χ2v) is 3.16. The normalized spacial score (nSPS) is 11.7. The van der Waals surface area contributed by atoms with Crippen molar-refractivity contribution in [1.29, 1.82) is 0 Å². The van der Waals surface area contributed by atoms with E-state index < -0.39 is 5.92 Å². The number of rotatable bonds is 2. The van der Waals surface area contributed by atoms with E-state index in [-0.39, 0.29) is 5.56 Å². The van der Waals surface area contributed by atoms with E-state index in [1.807, 2.05) is 6.92 Å². The van der Waals surface area contributed by atoms with Gasteiger partial charge in [0.25, 0.3) is 5.92 Å². The molecule has 13 heavy (non-hydrogen) atoms. The molecule has 0 unspecified atom stereocenters. The molecule has 0 aliphatic rings. The molecule has 1 nitrogen and oxygen atoms in total. The molecule has 1 aromatic carbocycles. The zero-order chi connectivity index (χ0) is 10.1. The van der Waals surface area contributed by atoms with E-state index in [0.29, 0.717) is 5.69 Å². The second-order valence-electron chi connectivity index (χ2n) is 3.16. The number of aryl methyl sites for hydroxylation is 1. The Kier molecular flexibility index (Phi) is 2.55. The predicted octanol–water partition coefficient (Wildman–Crippen LogP) is 2.94. The van der Waals surface area contributed by atoms with Gasteiger partial charge in [0.2, 0.25) is 0 Å². The van der Waals surface area contributed by atoms with Gasteiger partial charge in [-0.1, -0.05) is 19.1 Å². The number of anilines is 1. The third-order valence-electron chi connectivity index (χ3n) is 2.03. The topological polar surface area (TPSA) is 26.0 Å². The third-order valence-corrected chi connectivity index (χ3v) is 2.03. The molecule has 0 fully saturated rings. The van der Waals surface area contributed by atoms with Crippen LogP contribution in [-0.2, 0) is 12.3 Å². The molecule has 1 aromatic rings. The van der Waals surface area contributed by atoms with Gasteiger partial charge in [0.15, 0.2) is 0 Å². The molecule has 2 N–H and O–H groups in total. The predicted molar refractivity (Wildman–Crippen MR) is 49.8 cm³/mol. The fourth-order valence-corrected chi connectivity index (χ4v) is 1.19. The molecule has 0 spiro atoms. The van der Waals surface area contributed by atoms with Gasteiger partial charge in [0.1, 0.15) is 0 Å². The van der Waals surface area contributed by atoms with Crippen LogP contribution in [0.3, 0.4) is 0 Å². The maximum absolute atomic E-state index is 12.8. The Balaban J connectivity index is 3.10. The SMILES string of the molecule is CCc1ccc(C(C)(F)F)cc1N. The van der Waals surface area contributed by atoms with Crippen LogP contribution < -0.4 is 5.73 Å². The van der Waals surface area contributed by atoms with E-state index in [9.17, 15) is 8.78 Å². The molecular weight excluding hydrogens is 172 g/mol. The average molecular weight is 185 g/mol. The molecule has 0 heterocycles. The van der Waals surface area contributed by atoms with Crippen molar-refractivity contribution >= 4 is 5.69 Å². The first-order valence-electron chi connectivity index (χ1n) is 4.22. The molecule has 0 aromatic heterocycles. The molecule has 0 aliphatic carbocycles. The van der Waals surface area contributed by atoms with Crippen molar-refractivity contribution < 1.29 is 8.78 Å². The molecule has 72 valence electrons. The molecule has 1 rings (SSSR count). The van der Waals surface area contributed by atoms with Crippen LogP contribution in [0, 0.1) is 0 Å². The van der Waals surface area contributed by atoms with Crippen LogP contribution in [-0.4, -0.2) is 0 Å². The van der Waals surface area contributed by atoms with Crippen LogP contribution in [0.4, 0.5) is 14.5 Å². The van der Waals surface area contributed by atoms with Gasteiger partial charge in [-0.15, -0.1) is 0 Å². The Bertz CT molecular complexity index is 302. The highest BCUT2D eigenvalue weighted by Crippen LogP contribution is 2.29. The lowest BCUT2D eigenvalue weighted by Crippen LogP contribution is -2.08. The third kappa shape index (κ3) is 2.17. The number of nitrogen functional groups attached to an aromatic ring is 1. The van der Waals surface area contributed by atoms with Crippen LogP contribution in [0.15, 0.2) is 18.2 Å². The first-order valence-corrected chi connectivity index (χ1v) is 4.22. The molecule has 0 saturated carbocycles. The lowest BCUT2D eigenvalue weighted by molar-refractivity contribution is 0.0175. The van der Waals surface area contributed by atoms with E-state index in [2.05, 4.69) is 0 Å². The summed E-state index contributed by atoms with van der Waals surface area (Å²) in [5, 5.41) is 0. The summed E-state index contributed by atoms with van der Waals surface area (Å²) in [4.78, 5) is 0. The van der Waals surface area contributed by atoms with E-state index in [4.69, 9.17) is 5.73 Å². The lowest BCUT2D eigenvalue weighted by atomic mass is 10.0. The van der Waals surface area contributed by atoms with Crippen LogP contribution in [0.25, 0.3) is 0 Å². The van der Waals surface area contributed by atoms with Crippen molar-refractivity contribution in [2.45, 2.75) is 26.2 Å². The Morgan fingerprint density at radius 1 is 1.38 bits per heavy atom. The quantitative estimate of drug-likeness (QED) is 0.704. The second kappa shape index (κ2) is 3.32. The summed E-state index contributed by atoms with van der Waals surface area (Å²) < 4.78 is 25.6. The fourth-order valence-electron chi connectivity index (χ4n) is 1.19. The van der Waals surface area contributed by atoms with Gasteiger partial charge in [-0.3, -0.25) is 0 Å². The molecule has 0 atom stereocenters. The van der Waals surface area contributed by atoms with Gasteiger partial charge < -0.3 is 5.73 Å². The minimum absolute atomic E-state index is 0.0257. The average Bonchev–Trinajstić information content (AvgIpc) is 2.02. The summed E-state index contributed by atoms with van der Waals surface area (Å²) in [6.07, 6.45) is 0.765. The zero-order valence-corrected chi connectivity index (χ0v) is 7.77. The molecular formula is C10H13F2N. The molecule has 0 radical (unpaired) electrons. The fraction of sp³-hybridized carbons (Fsp3) is 0.400. The van der Waals surface area contributed by atoms with Gasteiger partial charge in [-0.2, -0.15) is 0 Å². The number of alkyl halides is 2. The number of halogens is 2. The largest absolute Gasteiger partial charge is 0.398 e. The number of nitrogens with two attached hydrogens (primary N) is 1. The van der Waals surface area contributed by atoms with Crippen LogP contribution in [0.1, 0.15) is 25.0 Å². The minimum atomic E-state index is -2.81. The van der Waals surface area contributed by atoms with Crippen LogP contribution in [0.5, 0.6) is 0 Å². The maximum atomic E-state index is 12.8. The van der Waals surface area contributed by atoms with Crippen molar-refractivity contribution in [1.82, 2.24) is 0 Å². The van der Waals surface area contributed by atoms with Crippen molar-refractivity contribution in [3.8, 4) is 0 Å². The van der Waals surface area contributed by atoms with Crippen LogP contribution >= 0.6 is 0 Å². The molecule has 0 amide bonds. The molecule has 0 aliphatic heterocycles. The highest BCUT2D eigenvalue weighted by atomic mass is 19.3. The van der Waals surface area contributed by atoms with Crippen molar-refractivity contribution in [3.63, 3.8) is 0 Å². The van der Waals surface area contributed by atoms with E-state index >= 15 is 0 Å². The Morgan fingerprint density at radius 2 is 2.00 bits per heavy atom. The molecule has 0 bridgehead atoms. The first-order chi connectivity index (χ1) is 5.95. The summed E-state index contributed by atoms with van der Waals surface area (Å²) >= 11 is 0. The van der Waals surface area contributed by atoms with Crippen molar-refractivity contribution in [2.24, 2.45) is 0 Å². The van der Waals surface area contributed by atoms with Crippen molar-refractivity contribution in [3.05, 3.63) is 29.3 Å². The van der Waals surface area contributed by atoms with Gasteiger partial charge in [0, 0.05) is 18.2 Å². The highest BCUT2D eigenvalue weighted by Gasteiger charge is 2.24. The first kappa shape index (κ1) is 9.96. The maximum Gasteiger partial charge on any atom is 0.270 e. The summed E-state index contributed by atoms with van der Waals surface area (Å²) in [6, 6.07) is 4.43. The summed E-state index contributed by atoms with van der Waals surface area (Å²) in [5.74, 6) is -2.81. The number of benzene rings is 1. The van der Waals surface area contributed by atoms with Crippen LogP contribution in [0.2, 0.25) is 0 Å². The van der Waals surface area contributed by atoms with Gasteiger partial charge in [-0.05, 0) is 18.1 Å². The van der Waals surface area contributed by atoms with E-state index in [1.165, 1.54) is 12.1 Å². The molecule has 0 saturated heterocycles. The van der Waals surface area contributed by atoms with E-state index in [1.54, 1.807) is 6.07 Å². The smallest absolute Gasteiger partial charge is 0.270 e. The minimum Gasteiger partial charge on any atom is -0.398 e. The number of hydrogen-bond acceptors (Lipinski definition) is 1. The van der Waals surface area contributed by atoms with E-state index in [0.717, 1.165) is 18.9 Å². The monoisotopic (exact) mass is 185 g/mol. The highest BCUT2D eigenvalue weighted by molar-refractivity contribution is 5.49. The van der Waals surface area contributed by atoms with Gasteiger partial charge in [0.05, 0.1) is 0 Å². The molecule has 3 heteroatoms. The lowest BCUT2D eigenvalue weighted by Gasteiger charge is -2.12. The van der Waals surface area contributed by atoms with Gasteiger partial charge in [-0.25, -0.2) is 8.78 Å². The zero-order valence-electron chi connectivity index (χ0n) is 7.77. The summed E-state index contributed by atoms with van der Waals surface area (Å²) in [7, 11) is 0. The Labute approximate surface area is 76.6 Å². The number of hydrogen-bond donors (Lipinski definition) is 1. The summed E-state index contributed by atoms with van der Waals surface area (Å²) in [6.45, 7) is 2.81.